The van der Waals surface area contributed by atoms with E-state index in [0.717, 1.165) is 18.8 Å². The molecule has 1 N–H and O–H groups in total. The second-order valence-electron chi connectivity index (χ2n) is 7.16. The number of aryl methyl sites for hydroxylation is 1. The van der Waals surface area contributed by atoms with Gasteiger partial charge in [0.15, 0.2) is 5.82 Å². The van der Waals surface area contributed by atoms with Crippen molar-refractivity contribution in [2.75, 3.05) is 35.5 Å². The average Bonchev–Trinajstić information content (AvgIpc) is 3.16. The Bertz CT molecular complexity index is 920. The normalized spacial score (nSPS) is 14.6. The van der Waals surface area contributed by atoms with Gasteiger partial charge in [0.1, 0.15) is 5.75 Å². The third kappa shape index (κ3) is 5.93. The van der Waals surface area contributed by atoms with Gasteiger partial charge < -0.3 is 14.3 Å². The average molecular weight is 422 g/mol. The van der Waals surface area contributed by atoms with Gasteiger partial charge in [-0.05, 0) is 43.5 Å². The van der Waals surface area contributed by atoms with Crippen molar-refractivity contribution in [1.82, 2.24) is 15.0 Å². The molecule has 1 aromatic carbocycles. The van der Waals surface area contributed by atoms with E-state index in [-0.39, 0.29) is 12.4 Å². The third-order valence-corrected chi connectivity index (χ3v) is 5.97. The molecule has 158 valence electrons. The molecule has 1 fully saturated rings. The van der Waals surface area contributed by atoms with Crippen molar-refractivity contribution in [2.24, 2.45) is 0 Å². The summed E-state index contributed by atoms with van der Waals surface area (Å²) < 4.78 is 32.3. The van der Waals surface area contributed by atoms with Crippen LogP contribution in [0.15, 0.2) is 28.8 Å². The number of piperidine rings is 1. The van der Waals surface area contributed by atoms with Crippen molar-refractivity contribution in [3.8, 4) is 0 Å². The van der Waals surface area contributed by atoms with Crippen LogP contribution in [0.2, 0.25) is 0 Å². The molecule has 2 aromatic rings. The summed E-state index contributed by atoms with van der Waals surface area (Å²) in [6.07, 6.45) is 4.22. The van der Waals surface area contributed by atoms with E-state index < -0.39 is 21.7 Å². The molecular formula is C19H27N5O4S. The van der Waals surface area contributed by atoms with Crippen LogP contribution in [0.25, 0.3) is 0 Å². The molecule has 2 heterocycles. The number of amides is 1. The first kappa shape index (κ1) is 21.1. The summed E-state index contributed by atoms with van der Waals surface area (Å²) in [5.74, 6) is -0.398. The number of nitrogens with zero attached hydrogens (tertiary/aromatic N) is 4. The molecule has 3 rings (SSSR count). The lowest BCUT2D eigenvalue weighted by molar-refractivity contribution is -0.128. The van der Waals surface area contributed by atoms with Crippen molar-refractivity contribution < 1.29 is 17.7 Å². The van der Waals surface area contributed by atoms with E-state index in [4.69, 9.17) is 4.52 Å². The number of hydrogen-bond acceptors (Lipinski definition) is 7. The van der Waals surface area contributed by atoms with E-state index in [1.54, 1.807) is 12.1 Å². The maximum Gasteiger partial charge on any atom is 0.246 e. The van der Waals surface area contributed by atoms with Gasteiger partial charge in [-0.2, -0.15) is 4.98 Å². The molecular weight excluding hydrogens is 394 g/mol. The van der Waals surface area contributed by atoms with Gasteiger partial charge in [0.05, 0.1) is 6.54 Å². The maximum absolute atomic E-state index is 12.4. The van der Waals surface area contributed by atoms with Crippen LogP contribution >= 0.6 is 0 Å². The van der Waals surface area contributed by atoms with Gasteiger partial charge in [-0.25, -0.2) is 8.42 Å². The first-order valence-electron chi connectivity index (χ1n) is 9.77. The lowest BCUT2D eigenvalue weighted by atomic mass is 10.1. The number of benzene rings is 1. The molecule has 29 heavy (non-hydrogen) atoms. The van der Waals surface area contributed by atoms with E-state index in [1.807, 2.05) is 19.1 Å². The highest BCUT2D eigenvalue weighted by Crippen LogP contribution is 2.22. The minimum absolute atomic E-state index is 0.0614. The molecule has 1 aromatic heterocycles. The lowest BCUT2D eigenvalue weighted by Gasteiger charge is -2.28. The molecule has 0 bridgehead atoms. The Balaban J connectivity index is 1.55. The Kier molecular flexibility index (Phi) is 6.73. The van der Waals surface area contributed by atoms with E-state index >= 15 is 0 Å². The Hall–Kier alpha value is -2.62. The lowest BCUT2D eigenvalue weighted by Crippen LogP contribution is -2.34. The van der Waals surface area contributed by atoms with Gasteiger partial charge in [0, 0.05) is 37.9 Å². The van der Waals surface area contributed by atoms with Crippen LogP contribution in [-0.2, 0) is 27.8 Å². The maximum atomic E-state index is 12.4. The summed E-state index contributed by atoms with van der Waals surface area (Å²) in [6, 6.07) is 7.25. The Labute approximate surface area is 171 Å². The van der Waals surface area contributed by atoms with Crippen LogP contribution in [0.1, 0.15) is 37.9 Å². The van der Waals surface area contributed by atoms with Gasteiger partial charge in [-0.15, -0.1) is 0 Å². The van der Waals surface area contributed by atoms with Crippen LogP contribution in [0.3, 0.4) is 0 Å². The number of anilines is 2. The molecule has 0 radical (unpaired) electrons. The number of carbonyl (C=O) groups is 1. The Morgan fingerprint density at radius 3 is 2.52 bits per heavy atom. The predicted octanol–water partition coefficient (Wildman–Crippen LogP) is 2.02. The van der Waals surface area contributed by atoms with E-state index in [0.29, 0.717) is 17.9 Å². The largest absolute Gasteiger partial charge is 0.372 e. The zero-order valence-corrected chi connectivity index (χ0v) is 17.6. The van der Waals surface area contributed by atoms with E-state index in [2.05, 4.69) is 19.8 Å². The first-order valence-corrected chi connectivity index (χ1v) is 11.4. The number of nitrogens with one attached hydrogen (secondary N) is 1. The molecule has 0 spiro atoms. The second-order valence-corrected chi connectivity index (χ2v) is 8.89. The molecule has 0 atom stereocenters. The molecule has 0 saturated carbocycles. The topological polar surface area (TPSA) is 109 Å². The smallest absolute Gasteiger partial charge is 0.246 e. The highest BCUT2D eigenvalue weighted by atomic mass is 32.2. The number of aromatic nitrogens is 2. The number of sulfonamides is 1. The molecule has 9 nitrogen and oxygen atoms in total. The number of rotatable bonds is 8. The molecule has 1 amide bonds. The highest BCUT2D eigenvalue weighted by molar-refractivity contribution is 7.93. The van der Waals surface area contributed by atoms with Gasteiger partial charge in [0.2, 0.25) is 21.8 Å². The summed E-state index contributed by atoms with van der Waals surface area (Å²) in [6.45, 7) is 3.99. The Morgan fingerprint density at radius 2 is 1.90 bits per heavy atom. The Morgan fingerprint density at radius 1 is 1.21 bits per heavy atom. The molecule has 0 aliphatic carbocycles. The first-order chi connectivity index (χ1) is 13.9. The van der Waals surface area contributed by atoms with Crippen molar-refractivity contribution in [3.63, 3.8) is 0 Å². The summed E-state index contributed by atoms with van der Waals surface area (Å²) >= 11 is 0. The standard InChI is InChI=1S/C19H27N5O4S/c1-3-17-20-18(28-21-17)13-23(2)19(25)14-29(26,27)22-15-7-9-16(10-8-15)24-11-5-4-6-12-24/h7-10,22H,3-6,11-14H2,1-2H3. The van der Waals surface area contributed by atoms with Gasteiger partial charge >= 0.3 is 0 Å². The molecule has 1 aliphatic heterocycles. The van der Waals surface area contributed by atoms with Gasteiger partial charge in [-0.1, -0.05) is 12.1 Å². The van der Waals surface area contributed by atoms with Crippen molar-refractivity contribution >= 4 is 27.3 Å². The number of hydrogen-bond donors (Lipinski definition) is 1. The highest BCUT2D eigenvalue weighted by Gasteiger charge is 2.21. The van der Waals surface area contributed by atoms with Crippen LogP contribution in [0, 0.1) is 0 Å². The second kappa shape index (κ2) is 9.25. The van der Waals surface area contributed by atoms with E-state index in [1.165, 1.54) is 31.2 Å². The van der Waals surface area contributed by atoms with Crippen LogP contribution in [0.4, 0.5) is 11.4 Å². The molecule has 1 aliphatic rings. The van der Waals surface area contributed by atoms with Crippen molar-refractivity contribution in [3.05, 3.63) is 36.0 Å². The van der Waals surface area contributed by atoms with Gasteiger partial charge in [-0.3, -0.25) is 9.52 Å². The zero-order chi connectivity index (χ0) is 20.9. The predicted molar refractivity (Wildman–Crippen MR) is 110 cm³/mol. The summed E-state index contributed by atoms with van der Waals surface area (Å²) in [4.78, 5) is 20.0. The minimum atomic E-state index is -3.83. The summed E-state index contributed by atoms with van der Waals surface area (Å²) in [7, 11) is -2.33. The van der Waals surface area contributed by atoms with E-state index in [9.17, 15) is 13.2 Å². The molecule has 0 unspecified atom stereocenters. The van der Waals surface area contributed by atoms with Crippen LogP contribution in [0.5, 0.6) is 0 Å². The minimum Gasteiger partial charge on any atom is -0.372 e. The molecule has 10 heteroatoms. The fraction of sp³-hybridized carbons (Fsp3) is 0.526. The van der Waals surface area contributed by atoms with Crippen LogP contribution in [-0.4, -0.2) is 55.3 Å². The van der Waals surface area contributed by atoms with Crippen molar-refractivity contribution in [1.29, 1.82) is 0 Å². The summed E-state index contributed by atoms with van der Waals surface area (Å²) in [5.41, 5.74) is 1.51. The fourth-order valence-electron chi connectivity index (χ4n) is 3.17. The third-order valence-electron chi connectivity index (χ3n) is 4.80. The zero-order valence-electron chi connectivity index (χ0n) is 16.8. The quantitative estimate of drug-likeness (QED) is 0.694. The molecule has 1 saturated heterocycles. The fourth-order valence-corrected chi connectivity index (χ4v) is 4.28. The monoisotopic (exact) mass is 421 g/mol. The van der Waals surface area contributed by atoms with Crippen molar-refractivity contribution in [2.45, 2.75) is 39.2 Å². The number of carbonyl (C=O) groups excluding carboxylic acids is 1. The summed E-state index contributed by atoms with van der Waals surface area (Å²) in [5, 5.41) is 3.76. The SMILES string of the molecule is CCc1noc(CN(C)C(=O)CS(=O)(=O)Nc2ccc(N3CCCCC3)cc2)n1. The van der Waals surface area contributed by atoms with Crippen LogP contribution < -0.4 is 9.62 Å². The van der Waals surface area contributed by atoms with Gasteiger partial charge in [0.25, 0.3) is 0 Å².